The molecule has 0 bridgehead atoms. The third kappa shape index (κ3) is 6.95. The van der Waals surface area contributed by atoms with Gasteiger partial charge in [-0.2, -0.15) is 8.42 Å². The minimum atomic E-state index is -3.79. The molecule has 1 saturated heterocycles. The second-order valence-electron chi connectivity index (χ2n) is 9.31. The summed E-state index contributed by atoms with van der Waals surface area (Å²) < 4.78 is 39.9. The van der Waals surface area contributed by atoms with E-state index in [0.29, 0.717) is 29.0 Å². The highest BCUT2D eigenvalue weighted by Crippen LogP contribution is 2.43. The van der Waals surface area contributed by atoms with Crippen LogP contribution in [0.25, 0.3) is 5.57 Å². The van der Waals surface area contributed by atoms with Gasteiger partial charge in [0.2, 0.25) is 6.29 Å². The van der Waals surface area contributed by atoms with Crippen LogP contribution in [0.1, 0.15) is 11.1 Å². The van der Waals surface area contributed by atoms with Crippen LogP contribution in [0.3, 0.4) is 0 Å². The van der Waals surface area contributed by atoms with E-state index in [-0.39, 0.29) is 27.9 Å². The molecule has 1 fully saturated rings. The number of rotatable bonds is 8. The molecule has 14 heteroatoms. The number of amides is 1. The van der Waals surface area contributed by atoms with E-state index in [0.717, 1.165) is 31.8 Å². The summed E-state index contributed by atoms with van der Waals surface area (Å²) in [7, 11) is 0.615. The summed E-state index contributed by atoms with van der Waals surface area (Å²) >= 11 is 13.1. The van der Waals surface area contributed by atoms with Gasteiger partial charge in [0.25, 0.3) is 10.2 Å². The van der Waals surface area contributed by atoms with Crippen LogP contribution in [0.5, 0.6) is 11.5 Å². The van der Waals surface area contributed by atoms with E-state index >= 15 is 0 Å². The van der Waals surface area contributed by atoms with Crippen molar-refractivity contribution in [2.24, 2.45) is 0 Å². The predicted molar refractivity (Wildman–Crippen MR) is 151 cm³/mol. The normalized spacial score (nSPS) is 17.8. The Hall–Kier alpha value is -2.58. The van der Waals surface area contributed by atoms with Crippen LogP contribution in [0.2, 0.25) is 10.0 Å². The van der Waals surface area contributed by atoms with Crippen LogP contribution >= 0.6 is 23.2 Å². The van der Waals surface area contributed by atoms with Gasteiger partial charge in [-0.25, -0.2) is 9.52 Å². The molecule has 1 atom stereocenters. The molecule has 0 saturated carbocycles. The maximum absolute atomic E-state index is 12.1. The Kier molecular flexibility index (Phi) is 9.27. The van der Waals surface area contributed by atoms with E-state index in [2.05, 4.69) is 19.7 Å². The first-order valence-electron chi connectivity index (χ1n) is 12.2. The Balaban J connectivity index is 1.77. The van der Waals surface area contributed by atoms with Crippen LogP contribution in [-0.2, 0) is 16.6 Å². The number of hydrogen-bond donors (Lipinski definition) is 4. The number of aliphatic hydroxyl groups is 1. The van der Waals surface area contributed by atoms with Gasteiger partial charge < -0.3 is 24.8 Å². The third-order valence-electron chi connectivity index (χ3n) is 6.41. The summed E-state index contributed by atoms with van der Waals surface area (Å²) in [6, 6.07) is 8.15. The number of anilines is 1. The van der Waals surface area contributed by atoms with Crippen molar-refractivity contribution in [3.05, 3.63) is 57.1 Å². The molecule has 2 aliphatic heterocycles. The monoisotopic (exact) mass is 599 g/mol. The van der Waals surface area contributed by atoms with Crippen molar-refractivity contribution in [3.8, 4) is 11.5 Å². The van der Waals surface area contributed by atoms with Gasteiger partial charge in [0.1, 0.15) is 5.75 Å². The third-order valence-corrected chi connectivity index (χ3v) is 8.18. The number of halogens is 2. The summed E-state index contributed by atoms with van der Waals surface area (Å²) in [5, 5.41) is 14.9. The molecule has 4 N–H and O–H groups in total. The first-order chi connectivity index (χ1) is 18.5. The number of fused-ring (bicyclic) bond motifs is 1. The van der Waals surface area contributed by atoms with E-state index in [9.17, 15) is 18.3 Å². The van der Waals surface area contributed by atoms with Crippen molar-refractivity contribution in [3.63, 3.8) is 0 Å². The molecule has 0 aliphatic carbocycles. The lowest BCUT2D eigenvalue weighted by atomic mass is 9.91. The van der Waals surface area contributed by atoms with Gasteiger partial charge in [0, 0.05) is 77.5 Å². The van der Waals surface area contributed by atoms with Crippen LogP contribution in [0.15, 0.2) is 35.9 Å². The zero-order valence-electron chi connectivity index (χ0n) is 21.8. The molecule has 11 nitrogen and oxygen atoms in total. The fourth-order valence-electron chi connectivity index (χ4n) is 4.31. The summed E-state index contributed by atoms with van der Waals surface area (Å²) in [6.45, 7) is 3.76. The Labute approximate surface area is 237 Å². The fourth-order valence-corrected chi connectivity index (χ4v) is 5.37. The van der Waals surface area contributed by atoms with E-state index in [1.54, 1.807) is 38.4 Å². The second-order valence-corrected chi connectivity index (χ2v) is 11.7. The predicted octanol–water partition coefficient (Wildman–Crippen LogP) is 2.54. The minimum absolute atomic E-state index is 0.110. The highest BCUT2D eigenvalue weighted by Gasteiger charge is 2.31. The van der Waals surface area contributed by atoms with Crippen molar-refractivity contribution in [2.75, 3.05) is 58.6 Å². The van der Waals surface area contributed by atoms with E-state index < -0.39 is 22.6 Å². The zero-order valence-corrected chi connectivity index (χ0v) is 24.1. The van der Waals surface area contributed by atoms with E-state index in [1.165, 1.54) is 18.0 Å². The quantitative estimate of drug-likeness (QED) is 0.364. The number of carbonyl (C=O) groups is 1. The molecular formula is C25H31Cl2N5O6S. The molecule has 2 aromatic carbocycles. The lowest BCUT2D eigenvalue weighted by molar-refractivity contribution is 0.00987. The van der Waals surface area contributed by atoms with Crippen LogP contribution in [-0.4, -0.2) is 89.6 Å². The standard InChI is InChI=1S/C25H31Cl2N5O6S/c1-28-39(35,36)30-20-6-4-5-15(23(20)27)11-17-18(14-32-9-7-29-8-10-32)16-12-19(26)22(38-25(34)31(2)3)13-21(16)37-24(17)33/h4-6,12-13,24,28-30,33H,7-11,14H2,1-3H3. The number of ether oxygens (including phenoxy) is 2. The molecule has 2 aromatic rings. The maximum Gasteiger partial charge on any atom is 0.414 e. The molecule has 1 unspecified atom stereocenters. The molecular weight excluding hydrogens is 569 g/mol. The first kappa shape index (κ1) is 29.4. The van der Waals surface area contributed by atoms with Crippen molar-refractivity contribution >= 4 is 50.8 Å². The van der Waals surface area contributed by atoms with E-state index in [4.69, 9.17) is 32.7 Å². The Morgan fingerprint density at radius 1 is 1.26 bits per heavy atom. The number of nitrogens with zero attached hydrogens (tertiary/aromatic N) is 2. The van der Waals surface area contributed by atoms with Crippen LogP contribution < -0.4 is 24.2 Å². The second kappa shape index (κ2) is 12.3. The number of piperazine rings is 1. The molecule has 0 aromatic heterocycles. The maximum atomic E-state index is 12.1. The molecule has 4 rings (SSSR count). The minimum Gasteiger partial charge on any atom is -0.460 e. The van der Waals surface area contributed by atoms with Gasteiger partial charge in [-0.15, -0.1) is 0 Å². The average molecular weight is 601 g/mol. The molecule has 212 valence electrons. The molecule has 39 heavy (non-hydrogen) atoms. The van der Waals surface area contributed by atoms with E-state index in [1.807, 2.05) is 0 Å². The van der Waals surface area contributed by atoms with Crippen molar-refractivity contribution in [1.29, 1.82) is 0 Å². The molecule has 0 radical (unpaired) electrons. The van der Waals surface area contributed by atoms with Gasteiger partial charge in [0.15, 0.2) is 5.75 Å². The van der Waals surface area contributed by atoms with Gasteiger partial charge in [-0.1, -0.05) is 35.3 Å². The van der Waals surface area contributed by atoms with Crippen molar-refractivity contribution in [2.45, 2.75) is 12.7 Å². The topological polar surface area (TPSA) is 132 Å². The van der Waals surface area contributed by atoms with Crippen molar-refractivity contribution < 1.29 is 27.8 Å². The largest absolute Gasteiger partial charge is 0.460 e. The summed E-state index contributed by atoms with van der Waals surface area (Å²) in [5.41, 5.74) is 2.82. The fraction of sp³-hybridized carbons (Fsp3) is 0.400. The molecule has 2 heterocycles. The van der Waals surface area contributed by atoms with Crippen LogP contribution in [0.4, 0.5) is 10.5 Å². The number of aliphatic hydroxyl groups excluding tert-OH is 1. The zero-order chi connectivity index (χ0) is 28.3. The lowest BCUT2D eigenvalue weighted by Gasteiger charge is -2.34. The first-order valence-corrected chi connectivity index (χ1v) is 14.4. The summed E-state index contributed by atoms with van der Waals surface area (Å²) in [6.07, 6.45) is -1.75. The summed E-state index contributed by atoms with van der Waals surface area (Å²) in [5.74, 6) is 0.433. The SMILES string of the molecule is CNS(=O)(=O)Nc1cccc(CC2=C(CN3CCNCC3)c3cc(Cl)c(OC(=O)N(C)C)cc3OC2O)c1Cl. The van der Waals surface area contributed by atoms with Gasteiger partial charge in [-0.3, -0.25) is 9.62 Å². The number of benzene rings is 2. The van der Waals surface area contributed by atoms with Gasteiger partial charge >= 0.3 is 6.09 Å². The molecule has 2 aliphatic rings. The average Bonchev–Trinajstić information content (AvgIpc) is 2.89. The van der Waals surface area contributed by atoms with Crippen LogP contribution in [0, 0.1) is 0 Å². The Morgan fingerprint density at radius 2 is 1.97 bits per heavy atom. The lowest BCUT2D eigenvalue weighted by Crippen LogP contribution is -2.44. The molecule has 0 spiro atoms. The Bertz CT molecular complexity index is 1380. The van der Waals surface area contributed by atoms with Gasteiger partial charge in [0.05, 0.1) is 15.7 Å². The summed E-state index contributed by atoms with van der Waals surface area (Å²) in [4.78, 5) is 15.6. The smallest absolute Gasteiger partial charge is 0.414 e. The Morgan fingerprint density at radius 3 is 2.64 bits per heavy atom. The molecule has 1 amide bonds. The highest BCUT2D eigenvalue weighted by atomic mass is 35.5. The van der Waals surface area contributed by atoms with Gasteiger partial charge in [-0.05, 0) is 23.3 Å². The number of carbonyl (C=O) groups excluding carboxylic acids is 1. The van der Waals surface area contributed by atoms with Crippen molar-refractivity contribution in [1.82, 2.24) is 19.8 Å². The highest BCUT2D eigenvalue weighted by molar-refractivity contribution is 7.90. The number of nitrogens with one attached hydrogen (secondary N) is 3. The number of hydrogen-bond acceptors (Lipinski definition) is 8.